The number of hydrogen-bond acceptors (Lipinski definition) is 6. The number of pyridine rings is 1. The second-order valence-electron chi connectivity index (χ2n) is 6.63. The second-order valence-corrected chi connectivity index (χ2v) is 7.93. The van der Waals surface area contributed by atoms with Crippen LogP contribution in [0.4, 0.5) is 5.69 Å². The lowest BCUT2D eigenvalue weighted by atomic mass is 10.3. The van der Waals surface area contributed by atoms with Crippen molar-refractivity contribution in [2.75, 3.05) is 12.4 Å². The Labute approximate surface area is 167 Å². The van der Waals surface area contributed by atoms with Crippen LogP contribution in [0.1, 0.15) is 25.8 Å². The average Bonchev–Trinajstić information content (AvgIpc) is 3.49. The first kappa shape index (κ1) is 18.5. The Bertz CT molecular complexity index is 954. The molecule has 8 heteroatoms. The molecule has 0 radical (unpaired) electrons. The number of hydrogen-bond donors (Lipinski definition) is 1. The summed E-state index contributed by atoms with van der Waals surface area (Å²) in [5, 5.41) is 12.1. The van der Waals surface area contributed by atoms with Crippen LogP contribution in [0.15, 0.2) is 53.9 Å². The van der Waals surface area contributed by atoms with Crippen LogP contribution in [-0.2, 0) is 4.79 Å². The molecule has 3 aromatic rings. The van der Waals surface area contributed by atoms with Crippen LogP contribution in [0.25, 0.3) is 11.4 Å². The van der Waals surface area contributed by atoms with Crippen molar-refractivity contribution >= 4 is 23.4 Å². The van der Waals surface area contributed by atoms with Crippen molar-refractivity contribution in [2.45, 2.75) is 36.2 Å². The van der Waals surface area contributed by atoms with Crippen molar-refractivity contribution in [2.24, 2.45) is 0 Å². The van der Waals surface area contributed by atoms with Gasteiger partial charge in [0.2, 0.25) is 5.91 Å². The van der Waals surface area contributed by atoms with Crippen LogP contribution >= 0.6 is 11.8 Å². The summed E-state index contributed by atoms with van der Waals surface area (Å²) >= 11 is 1.42. The highest BCUT2D eigenvalue weighted by Gasteiger charge is 2.31. The summed E-state index contributed by atoms with van der Waals surface area (Å²) in [6.07, 6.45) is 5.73. The van der Waals surface area contributed by atoms with E-state index in [-0.39, 0.29) is 11.2 Å². The van der Waals surface area contributed by atoms with Gasteiger partial charge in [0.25, 0.3) is 0 Å². The molecule has 1 amide bonds. The summed E-state index contributed by atoms with van der Waals surface area (Å²) in [6.45, 7) is 1.87. The minimum atomic E-state index is -0.314. The van der Waals surface area contributed by atoms with Crippen molar-refractivity contribution in [3.63, 3.8) is 0 Å². The van der Waals surface area contributed by atoms with Crippen LogP contribution in [-0.4, -0.2) is 38.0 Å². The van der Waals surface area contributed by atoms with E-state index in [0.717, 1.165) is 40.8 Å². The van der Waals surface area contributed by atoms with E-state index in [9.17, 15) is 4.79 Å². The number of anilines is 1. The fourth-order valence-corrected chi connectivity index (χ4v) is 3.76. The van der Waals surface area contributed by atoms with Gasteiger partial charge in [0.1, 0.15) is 5.75 Å². The van der Waals surface area contributed by atoms with Gasteiger partial charge in [-0.3, -0.25) is 14.3 Å². The summed E-state index contributed by atoms with van der Waals surface area (Å²) in [7, 11) is 1.61. The monoisotopic (exact) mass is 395 g/mol. The van der Waals surface area contributed by atoms with E-state index >= 15 is 0 Å². The molecule has 1 aromatic carbocycles. The molecule has 1 atom stereocenters. The van der Waals surface area contributed by atoms with Crippen LogP contribution in [0.5, 0.6) is 5.75 Å². The number of amides is 1. The summed E-state index contributed by atoms with van der Waals surface area (Å²) in [4.78, 5) is 16.8. The fraction of sp³-hybridized carbons (Fsp3) is 0.300. The van der Waals surface area contributed by atoms with Crippen LogP contribution in [0.2, 0.25) is 0 Å². The van der Waals surface area contributed by atoms with E-state index in [1.54, 1.807) is 19.5 Å². The van der Waals surface area contributed by atoms with Crippen LogP contribution < -0.4 is 10.1 Å². The number of rotatable bonds is 7. The van der Waals surface area contributed by atoms with Gasteiger partial charge in [-0.15, -0.1) is 10.2 Å². The minimum Gasteiger partial charge on any atom is -0.497 e. The van der Waals surface area contributed by atoms with Gasteiger partial charge >= 0.3 is 0 Å². The number of carbonyl (C=O) groups excluding carboxylic acids is 1. The second kappa shape index (κ2) is 8.02. The van der Waals surface area contributed by atoms with Crippen molar-refractivity contribution in [1.29, 1.82) is 0 Å². The Kier molecular flexibility index (Phi) is 5.29. The molecule has 1 aliphatic rings. The normalized spacial score (nSPS) is 14.5. The molecular formula is C20H21N5O2S. The molecule has 0 saturated heterocycles. The molecule has 28 heavy (non-hydrogen) atoms. The Morgan fingerprint density at radius 3 is 2.68 bits per heavy atom. The van der Waals surface area contributed by atoms with Gasteiger partial charge in [0.05, 0.1) is 12.4 Å². The standard InChI is InChI=1S/C20H21N5O2S/c1-13(19(26)22-15-5-9-17(27-2)10-6-15)28-20-24-23-18(25(20)16-7-8-16)14-4-3-11-21-12-14/h3-6,9-13,16H,7-8H2,1-2H3,(H,22,26)/t13-/m1/s1. The van der Waals surface area contributed by atoms with Gasteiger partial charge in [-0.05, 0) is 56.2 Å². The molecule has 7 nitrogen and oxygen atoms in total. The number of ether oxygens (including phenoxy) is 1. The summed E-state index contributed by atoms with van der Waals surface area (Å²) < 4.78 is 7.28. The SMILES string of the molecule is COc1ccc(NC(=O)[C@@H](C)Sc2nnc(-c3cccnc3)n2C2CC2)cc1. The maximum atomic E-state index is 12.6. The summed E-state index contributed by atoms with van der Waals surface area (Å²) in [6, 6.07) is 11.5. The highest BCUT2D eigenvalue weighted by Crippen LogP contribution is 2.41. The summed E-state index contributed by atoms with van der Waals surface area (Å²) in [5.41, 5.74) is 1.67. The molecule has 1 aliphatic carbocycles. The summed E-state index contributed by atoms with van der Waals surface area (Å²) in [5.74, 6) is 1.48. The molecule has 1 saturated carbocycles. The zero-order chi connectivity index (χ0) is 19.5. The molecule has 0 bridgehead atoms. The first-order chi connectivity index (χ1) is 13.7. The van der Waals surface area contributed by atoms with Gasteiger partial charge in [0.15, 0.2) is 11.0 Å². The zero-order valence-corrected chi connectivity index (χ0v) is 16.5. The quantitative estimate of drug-likeness (QED) is 0.613. The molecule has 1 N–H and O–H groups in total. The van der Waals surface area contributed by atoms with E-state index in [2.05, 4.69) is 25.1 Å². The molecule has 144 valence electrons. The lowest BCUT2D eigenvalue weighted by Gasteiger charge is -2.13. The topological polar surface area (TPSA) is 81.9 Å². The van der Waals surface area contributed by atoms with Crippen LogP contribution in [0.3, 0.4) is 0 Å². The number of nitrogens with zero attached hydrogens (tertiary/aromatic N) is 4. The number of methoxy groups -OCH3 is 1. The lowest BCUT2D eigenvalue weighted by Crippen LogP contribution is -2.22. The Balaban J connectivity index is 1.49. The third kappa shape index (κ3) is 4.01. The number of thioether (sulfide) groups is 1. The zero-order valence-electron chi connectivity index (χ0n) is 15.7. The van der Waals surface area contributed by atoms with E-state index in [1.165, 1.54) is 11.8 Å². The molecular weight excluding hydrogens is 374 g/mol. The third-order valence-corrected chi connectivity index (χ3v) is 5.56. The number of carbonyl (C=O) groups is 1. The maximum Gasteiger partial charge on any atom is 0.237 e. The van der Waals surface area contributed by atoms with Crippen molar-refractivity contribution in [1.82, 2.24) is 19.7 Å². The predicted octanol–water partition coefficient (Wildman–Crippen LogP) is 3.80. The lowest BCUT2D eigenvalue weighted by molar-refractivity contribution is -0.115. The van der Waals surface area contributed by atoms with Crippen molar-refractivity contribution < 1.29 is 9.53 Å². The van der Waals surface area contributed by atoms with Gasteiger partial charge in [0, 0.05) is 29.7 Å². The predicted molar refractivity (Wildman–Crippen MR) is 108 cm³/mol. The van der Waals surface area contributed by atoms with Crippen molar-refractivity contribution in [3.8, 4) is 17.1 Å². The molecule has 4 rings (SSSR count). The number of benzene rings is 1. The van der Waals surface area contributed by atoms with Gasteiger partial charge in [-0.25, -0.2) is 0 Å². The van der Waals surface area contributed by atoms with Crippen molar-refractivity contribution in [3.05, 3.63) is 48.8 Å². The molecule has 0 aliphatic heterocycles. The van der Waals surface area contributed by atoms with Gasteiger partial charge < -0.3 is 10.1 Å². The van der Waals surface area contributed by atoms with E-state index in [4.69, 9.17) is 4.74 Å². The minimum absolute atomic E-state index is 0.0801. The third-order valence-electron chi connectivity index (χ3n) is 4.51. The van der Waals surface area contributed by atoms with E-state index in [1.807, 2.05) is 43.3 Å². The molecule has 2 aromatic heterocycles. The molecule has 2 heterocycles. The smallest absolute Gasteiger partial charge is 0.237 e. The maximum absolute atomic E-state index is 12.6. The molecule has 0 spiro atoms. The highest BCUT2D eigenvalue weighted by molar-refractivity contribution is 8.00. The fourth-order valence-electron chi connectivity index (χ4n) is 2.84. The van der Waals surface area contributed by atoms with E-state index in [0.29, 0.717) is 6.04 Å². The van der Waals surface area contributed by atoms with Gasteiger partial charge in [-0.1, -0.05) is 11.8 Å². The number of aromatic nitrogens is 4. The highest BCUT2D eigenvalue weighted by atomic mass is 32.2. The first-order valence-electron chi connectivity index (χ1n) is 9.12. The number of nitrogens with one attached hydrogen (secondary N) is 1. The van der Waals surface area contributed by atoms with Gasteiger partial charge in [-0.2, -0.15) is 0 Å². The average molecular weight is 395 g/mol. The molecule has 0 unspecified atom stereocenters. The molecule has 1 fully saturated rings. The van der Waals surface area contributed by atoms with Crippen LogP contribution in [0, 0.1) is 0 Å². The Hall–Kier alpha value is -2.87. The first-order valence-corrected chi connectivity index (χ1v) is 10.0. The van der Waals surface area contributed by atoms with E-state index < -0.39 is 0 Å². The largest absolute Gasteiger partial charge is 0.497 e. The Morgan fingerprint density at radius 2 is 2.04 bits per heavy atom. The Morgan fingerprint density at radius 1 is 1.25 bits per heavy atom.